The molecule has 3 aromatic rings. The predicted molar refractivity (Wildman–Crippen MR) is 185 cm³/mol. The van der Waals surface area contributed by atoms with Gasteiger partial charge in [-0.3, -0.25) is 19.4 Å². The number of carbonyl (C=O) groups excluding carboxylic acids is 2. The fourth-order valence-electron chi connectivity index (χ4n) is 7.07. The Morgan fingerprint density at radius 2 is 1.57 bits per heavy atom. The number of H-pyrrole nitrogens is 1. The highest BCUT2D eigenvalue weighted by atomic mass is 16.5. The highest BCUT2D eigenvalue weighted by Crippen LogP contribution is 2.39. The maximum absolute atomic E-state index is 14.0. The van der Waals surface area contributed by atoms with E-state index in [9.17, 15) is 9.59 Å². The molecule has 3 N–H and O–H groups in total. The smallest absolute Gasteiger partial charge is 0.243 e. The largest absolute Gasteiger partial charge is 0.490 e. The van der Waals surface area contributed by atoms with Crippen molar-refractivity contribution in [2.75, 3.05) is 52.5 Å². The van der Waals surface area contributed by atoms with E-state index in [-0.39, 0.29) is 30.8 Å². The summed E-state index contributed by atoms with van der Waals surface area (Å²) in [6.07, 6.45) is 8.53. The van der Waals surface area contributed by atoms with Gasteiger partial charge >= 0.3 is 0 Å². The van der Waals surface area contributed by atoms with Crippen molar-refractivity contribution in [3.8, 4) is 17.2 Å². The number of hydrogen-bond donors (Lipinski definition) is 3. The van der Waals surface area contributed by atoms with Crippen LogP contribution in [0.3, 0.4) is 0 Å². The van der Waals surface area contributed by atoms with Crippen LogP contribution in [0, 0.1) is 0 Å². The van der Waals surface area contributed by atoms with Crippen molar-refractivity contribution in [2.24, 2.45) is 0 Å². The van der Waals surface area contributed by atoms with E-state index in [0.29, 0.717) is 43.1 Å². The van der Waals surface area contributed by atoms with E-state index in [1.54, 1.807) is 0 Å². The minimum atomic E-state index is -0.773. The van der Waals surface area contributed by atoms with Crippen LogP contribution in [-0.4, -0.2) is 91.2 Å². The summed E-state index contributed by atoms with van der Waals surface area (Å²) in [6, 6.07) is 11.7. The van der Waals surface area contributed by atoms with E-state index in [2.05, 4.69) is 25.4 Å². The quantitative estimate of drug-likeness (QED) is 0.208. The van der Waals surface area contributed by atoms with Crippen molar-refractivity contribution in [3.05, 3.63) is 53.7 Å². The molecule has 2 unspecified atom stereocenters. The standard InChI is InChI=1S/C37H53N5O5/c1-5-45-32-21-27(22-33(46-6-2)36(32)47-7-3)23-39-37(44)35(26(4)30-24-38-31-16-12-11-15-29(30)31)40-34(43)25-41-17-19-42(20-18-41)28-13-9-8-10-14-28/h11-12,15-16,21-22,24,26,28,35,38H,5-10,13-14,17-20,23,25H2,1-4H3,(H,39,44)(H,40,43). The van der Waals surface area contributed by atoms with Gasteiger partial charge in [-0.25, -0.2) is 0 Å². The molecule has 47 heavy (non-hydrogen) atoms. The number of amides is 2. The second-order valence-corrected chi connectivity index (χ2v) is 12.7. The molecule has 10 nitrogen and oxygen atoms in total. The van der Waals surface area contributed by atoms with E-state index in [0.717, 1.165) is 48.2 Å². The van der Waals surface area contributed by atoms with Crippen molar-refractivity contribution in [2.45, 2.75) is 84.3 Å². The van der Waals surface area contributed by atoms with Crippen LogP contribution in [0.1, 0.15) is 76.8 Å². The second kappa shape index (κ2) is 16.9. The lowest BCUT2D eigenvalue weighted by Crippen LogP contribution is -2.55. The van der Waals surface area contributed by atoms with Crippen molar-refractivity contribution < 1.29 is 23.8 Å². The summed E-state index contributed by atoms with van der Waals surface area (Å²) < 4.78 is 17.6. The zero-order valence-electron chi connectivity index (χ0n) is 28.6. The van der Waals surface area contributed by atoms with E-state index in [1.807, 2.05) is 70.3 Å². The molecule has 1 aromatic heterocycles. The molecule has 1 aliphatic heterocycles. The van der Waals surface area contributed by atoms with Gasteiger partial charge in [0.1, 0.15) is 6.04 Å². The third-order valence-corrected chi connectivity index (χ3v) is 9.51. The van der Waals surface area contributed by atoms with Crippen LogP contribution < -0.4 is 24.8 Å². The van der Waals surface area contributed by atoms with Crippen molar-refractivity contribution in [3.63, 3.8) is 0 Å². The fourth-order valence-corrected chi connectivity index (χ4v) is 7.07. The van der Waals surface area contributed by atoms with Crippen LogP contribution in [0.15, 0.2) is 42.6 Å². The van der Waals surface area contributed by atoms with E-state index in [4.69, 9.17) is 14.2 Å². The number of para-hydroxylation sites is 1. The molecule has 0 spiro atoms. The van der Waals surface area contributed by atoms with Gasteiger partial charge in [-0.1, -0.05) is 44.4 Å². The average Bonchev–Trinajstić information content (AvgIpc) is 3.52. The third-order valence-electron chi connectivity index (χ3n) is 9.51. The Hall–Kier alpha value is -3.76. The number of hydrogen-bond acceptors (Lipinski definition) is 7. The second-order valence-electron chi connectivity index (χ2n) is 12.7. The van der Waals surface area contributed by atoms with Gasteiger partial charge in [-0.2, -0.15) is 0 Å². The number of ether oxygens (including phenoxy) is 3. The van der Waals surface area contributed by atoms with E-state index >= 15 is 0 Å². The monoisotopic (exact) mass is 647 g/mol. The van der Waals surface area contributed by atoms with Crippen LogP contribution in [0.25, 0.3) is 10.9 Å². The van der Waals surface area contributed by atoms with Crippen LogP contribution in [0.5, 0.6) is 17.2 Å². The molecular weight excluding hydrogens is 594 g/mol. The lowest BCUT2D eigenvalue weighted by atomic mass is 9.92. The number of piperazine rings is 1. The Labute approximate surface area is 279 Å². The summed E-state index contributed by atoms with van der Waals surface area (Å²) in [4.78, 5) is 35.7. The van der Waals surface area contributed by atoms with Gasteiger partial charge in [0, 0.05) is 61.8 Å². The van der Waals surface area contributed by atoms with Gasteiger partial charge in [0.2, 0.25) is 17.6 Å². The maximum atomic E-state index is 14.0. The molecule has 1 aliphatic carbocycles. The van der Waals surface area contributed by atoms with Crippen molar-refractivity contribution in [1.82, 2.24) is 25.4 Å². The Morgan fingerprint density at radius 3 is 2.23 bits per heavy atom. The number of nitrogens with zero attached hydrogens (tertiary/aromatic N) is 2. The number of nitrogens with one attached hydrogen (secondary N) is 3. The highest BCUT2D eigenvalue weighted by molar-refractivity contribution is 5.91. The lowest BCUT2D eigenvalue weighted by Gasteiger charge is -2.40. The lowest BCUT2D eigenvalue weighted by molar-refractivity contribution is -0.130. The molecule has 0 radical (unpaired) electrons. The van der Waals surface area contributed by atoms with Gasteiger partial charge in [0.25, 0.3) is 0 Å². The molecular formula is C37H53N5O5. The van der Waals surface area contributed by atoms with Crippen molar-refractivity contribution in [1.29, 1.82) is 0 Å². The number of fused-ring (bicyclic) bond motifs is 1. The first-order chi connectivity index (χ1) is 22.9. The number of carbonyl (C=O) groups is 2. The summed E-state index contributed by atoms with van der Waals surface area (Å²) in [6.45, 7) is 13.4. The maximum Gasteiger partial charge on any atom is 0.243 e. The number of aromatic nitrogens is 1. The molecule has 0 bridgehead atoms. The van der Waals surface area contributed by atoms with E-state index in [1.165, 1.54) is 32.1 Å². The first-order valence-electron chi connectivity index (χ1n) is 17.6. The van der Waals surface area contributed by atoms with Gasteiger partial charge in [0.05, 0.1) is 26.4 Å². The molecule has 10 heteroatoms. The number of benzene rings is 2. The normalized spacial score (nSPS) is 17.6. The molecule has 256 valence electrons. The minimum Gasteiger partial charge on any atom is -0.490 e. The number of rotatable bonds is 15. The number of aromatic amines is 1. The molecule has 2 atom stereocenters. The topological polar surface area (TPSA) is 108 Å². The SMILES string of the molecule is CCOc1cc(CNC(=O)C(NC(=O)CN2CCN(C3CCCCC3)CC2)C(C)c2c[nH]c3ccccc23)cc(OCC)c1OCC. The molecule has 5 rings (SSSR count). The van der Waals surface area contributed by atoms with Crippen LogP contribution in [0.4, 0.5) is 0 Å². The Morgan fingerprint density at radius 1 is 0.915 bits per heavy atom. The molecule has 2 amide bonds. The highest BCUT2D eigenvalue weighted by Gasteiger charge is 2.31. The zero-order chi connectivity index (χ0) is 33.2. The van der Waals surface area contributed by atoms with E-state index < -0.39 is 6.04 Å². The third kappa shape index (κ3) is 8.78. The Balaban J connectivity index is 1.29. The average molecular weight is 648 g/mol. The van der Waals surface area contributed by atoms with Crippen LogP contribution in [-0.2, 0) is 16.1 Å². The molecule has 2 aromatic carbocycles. The summed E-state index contributed by atoms with van der Waals surface area (Å²) in [5.41, 5.74) is 2.80. The molecule has 1 saturated heterocycles. The fraction of sp³-hybridized carbons (Fsp3) is 0.568. The molecule has 2 aliphatic rings. The summed E-state index contributed by atoms with van der Waals surface area (Å²) in [5, 5.41) is 7.26. The van der Waals surface area contributed by atoms with Crippen molar-refractivity contribution >= 4 is 22.7 Å². The van der Waals surface area contributed by atoms with Crippen LogP contribution in [0.2, 0.25) is 0 Å². The zero-order valence-corrected chi connectivity index (χ0v) is 28.6. The molecule has 1 saturated carbocycles. The van der Waals surface area contributed by atoms with Gasteiger partial charge in [0.15, 0.2) is 11.5 Å². The molecule has 2 fully saturated rings. The first-order valence-corrected chi connectivity index (χ1v) is 17.6. The van der Waals surface area contributed by atoms with Crippen LogP contribution >= 0.6 is 0 Å². The predicted octanol–water partition coefficient (Wildman–Crippen LogP) is 5.22. The minimum absolute atomic E-state index is 0.138. The van der Waals surface area contributed by atoms with Gasteiger partial charge in [-0.05, 0) is 62.9 Å². The summed E-state index contributed by atoms with van der Waals surface area (Å²) in [7, 11) is 0. The van der Waals surface area contributed by atoms with Gasteiger partial charge in [-0.15, -0.1) is 0 Å². The Bertz CT molecular complexity index is 1430. The molecule has 2 heterocycles. The summed E-state index contributed by atoms with van der Waals surface area (Å²) in [5.74, 6) is 1.04. The summed E-state index contributed by atoms with van der Waals surface area (Å²) >= 11 is 0. The van der Waals surface area contributed by atoms with Gasteiger partial charge < -0.3 is 29.8 Å². The first kappa shape index (κ1) is 34.6. The Kier molecular flexibility index (Phi) is 12.4.